The second kappa shape index (κ2) is 14.0. The van der Waals surface area contributed by atoms with Crippen molar-refractivity contribution >= 4 is 0 Å². The van der Waals surface area contributed by atoms with Crippen LogP contribution >= 0.6 is 0 Å². The van der Waals surface area contributed by atoms with Crippen molar-refractivity contribution in [3.05, 3.63) is 36.1 Å². The number of nitrogens with zero attached hydrogens (tertiary/aromatic N) is 3. The van der Waals surface area contributed by atoms with E-state index in [1.807, 2.05) is 6.08 Å². The lowest BCUT2D eigenvalue weighted by molar-refractivity contribution is 0.176. The molecule has 0 aromatic rings. The maximum atomic E-state index is 5.97. The molecule has 0 aromatic carbocycles. The molecule has 2 heterocycles. The summed E-state index contributed by atoms with van der Waals surface area (Å²) in [5.41, 5.74) is 1.55. The van der Waals surface area contributed by atoms with E-state index in [9.17, 15) is 0 Å². The van der Waals surface area contributed by atoms with E-state index >= 15 is 0 Å². The molecule has 0 N–H and O–H groups in total. The summed E-state index contributed by atoms with van der Waals surface area (Å²) in [6.07, 6.45) is 16.5. The SMILES string of the molecule is C=C/C(=C\C=C1/CCCCN(CCN(C)C)CC1)OCCCN1CCCCC1. The van der Waals surface area contributed by atoms with Crippen molar-refractivity contribution < 1.29 is 4.74 Å². The second-order valence-electron chi connectivity index (χ2n) is 8.55. The van der Waals surface area contributed by atoms with E-state index in [1.54, 1.807) is 5.57 Å². The monoisotopic (exact) mass is 389 g/mol. The van der Waals surface area contributed by atoms with Gasteiger partial charge in [0.05, 0.1) is 6.61 Å². The number of likely N-dealkylation sites (tertiary alicyclic amines) is 2. The molecule has 0 radical (unpaired) electrons. The number of piperidine rings is 1. The third kappa shape index (κ3) is 9.90. The lowest BCUT2D eigenvalue weighted by atomic mass is 10.0. The molecular weight excluding hydrogens is 346 g/mol. The summed E-state index contributed by atoms with van der Waals surface area (Å²) < 4.78 is 5.97. The minimum Gasteiger partial charge on any atom is -0.494 e. The molecule has 0 amide bonds. The minimum atomic E-state index is 0.788. The highest BCUT2D eigenvalue weighted by Crippen LogP contribution is 2.17. The molecule has 2 aliphatic heterocycles. The molecule has 0 atom stereocenters. The molecule has 0 unspecified atom stereocenters. The number of allylic oxidation sites excluding steroid dienone is 3. The first-order chi connectivity index (χ1) is 13.7. The number of rotatable bonds is 10. The molecule has 2 rings (SSSR count). The first-order valence-corrected chi connectivity index (χ1v) is 11.4. The van der Waals surface area contributed by atoms with Gasteiger partial charge in [-0.05, 0) is 90.8 Å². The number of likely N-dealkylation sites (N-methyl/N-ethyl adjacent to an activating group) is 1. The normalized spacial score (nSPS) is 22.2. The summed E-state index contributed by atoms with van der Waals surface area (Å²) in [6.45, 7) is 13.2. The molecule has 4 heteroatoms. The van der Waals surface area contributed by atoms with Crippen molar-refractivity contribution in [1.82, 2.24) is 14.7 Å². The molecular formula is C24H43N3O. The van der Waals surface area contributed by atoms with Gasteiger partial charge in [0.1, 0.15) is 5.76 Å². The number of hydrogen-bond acceptors (Lipinski definition) is 4. The zero-order chi connectivity index (χ0) is 20.0. The Bertz CT molecular complexity index is 492. The molecule has 0 saturated carbocycles. The lowest BCUT2D eigenvalue weighted by Crippen LogP contribution is -2.34. The van der Waals surface area contributed by atoms with Crippen LogP contribution in [0.15, 0.2) is 36.1 Å². The predicted molar refractivity (Wildman–Crippen MR) is 121 cm³/mol. The van der Waals surface area contributed by atoms with Gasteiger partial charge in [-0.25, -0.2) is 0 Å². The van der Waals surface area contributed by atoms with E-state index in [2.05, 4.69) is 47.5 Å². The van der Waals surface area contributed by atoms with Gasteiger partial charge in [0.15, 0.2) is 0 Å². The fourth-order valence-electron chi connectivity index (χ4n) is 3.99. The third-order valence-corrected chi connectivity index (χ3v) is 5.86. The molecule has 0 bridgehead atoms. The molecule has 0 aliphatic carbocycles. The van der Waals surface area contributed by atoms with Crippen LogP contribution in [0.25, 0.3) is 0 Å². The Morgan fingerprint density at radius 3 is 2.39 bits per heavy atom. The highest BCUT2D eigenvalue weighted by Gasteiger charge is 2.11. The maximum absolute atomic E-state index is 5.97. The van der Waals surface area contributed by atoms with Crippen molar-refractivity contribution in [2.45, 2.75) is 51.4 Å². The lowest BCUT2D eigenvalue weighted by Gasteiger charge is -2.26. The summed E-state index contributed by atoms with van der Waals surface area (Å²) in [6, 6.07) is 0. The Hall–Kier alpha value is -1.10. The minimum absolute atomic E-state index is 0.788. The van der Waals surface area contributed by atoms with Gasteiger partial charge in [-0.2, -0.15) is 0 Å². The zero-order valence-electron chi connectivity index (χ0n) is 18.5. The van der Waals surface area contributed by atoms with E-state index in [1.165, 1.54) is 77.7 Å². The summed E-state index contributed by atoms with van der Waals surface area (Å²) in [5.74, 6) is 0.915. The van der Waals surface area contributed by atoms with Crippen LogP contribution in [-0.2, 0) is 4.74 Å². The van der Waals surface area contributed by atoms with Crippen molar-refractivity contribution in [3.8, 4) is 0 Å². The van der Waals surface area contributed by atoms with Crippen molar-refractivity contribution in [3.63, 3.8) is 0 Å². The Morgan fingerprint density at radius 2 is 1.68 bits per heavy atom. The van der Waals surface area contributed by atoms with Crippen LogP contribution in [-0.4, -0.2) is 81.2 Å². The predicted octanol–water partition coefficient (Wildman–Crippen LogP) is 4.31. The number of hydrogen-bond donors (Lipinski definition) is 0. The van der Waals surface area contributed by atoms with Gasteiger partial charge in [-0.1, -0.05) is 24.6 Å². The van der Waals surface area contributed by atoms with E-state index in [0.29, 0.717) is 0 Å². The average molecular weight is 390 g/mol. The van der Waals surface area contributed by atoms with Gasteiger partial charge in [-0.3, -0.25) is 0 Å². The highest BCUT2D eigenvalue weighted by molar-refractivity contribution is 5.21. The van der Waals surface area contributed by atoms with Crippen molar-refractivity contribution in [2.75, 3.05) is 66.5 Å². The van der Waals surface area contributed by atoms with Crippen LogP contribution in [0.4, 0.5) is 0 Å². The molecule has 0 spiro atoms. The van der Waals surface area contributed by atoms with Crippen LogP contribution in [0.1, 0.15) is 51.4 Å². The molecule has 2 fully saturated rings. The molecule has 2 aliphatic rings. The Labute approximate surface area is 173 Å². The largest absolute Gasteiger partial charge is 0.494 e. The van der Waals surface area contributed by atoms with Gasteiger partial charge < -0.3 is 19.4 Å². The molecule has 2 saturated heterocycles. The van der Waals surface area contributed by atoms with Gasteiger partial charge in [0.25, 0.3) is 0 Å². The number of ether oxygens (including phenoxy) is 1. The van der Waals surface area contributed by atoms with Gasteiger partial charge in [0, 0.05) is 26.2 Å². The Balaban J connectivity index is 1.73. The van der Waals surface area contributed by atoms with Gasteiger partial charge in [0.2, 0.25) is 0 Å². The second-order valence-corrected chi connectivity index (χ2v) is 8.55. The molecule has 0 aromatic heterocycles. The Kier molecular flexibility index (Phi) is 11.6. The van der Waals surface area contributed by atoms with Crippen molar-refractivity contribution in [2.24, 2.45) is 0 Å². The van der Waals surface area contributed by atoms with Crippen molar-refractivity contribution in [1.29, 1.82) is 0 Å². The van der Waals surface area contributed by atoms with Crippen LogP contribution < -0.4 is 0 Å². The standard InChI is InChI=1S/C24H43N3O/c1-4-24(28-22-10-18-26-15-7-5-8-16-26)13-12-23-11-6-9-17-27(19-14-23)21-20-25(2)3/h4,12-13H,1,5-11,14-22H2,2-3H3/b23-12+,24-13+. The topological polar surface area (TPSA) is 19.0 Å². The first-order valence-electron chi connectivity index (χ1n) is 11.4. The summed E-state index contributed by atoms with van der Waals surface area (Å²) in [4.78, 5) is 7.46. The van der Waals surface area contributed by atoms with E-state index in [-0.39, 0.29) is 0 Å². The summed E-state index contributed by atoms with van der Waals surface area (Å²) in [7, 11) is 4.31. The van der Waals surface area contributed by atoms with E-state index in [0.717, 1.165) is 31.9 Å². The summed E-state index contributed by atoms with van der Waals surface area (Å²) >= 11 is 0. The first kappa shape index (κ1) is 23.2. The third-order valence-electron chi connectivity index (χ3n) is 5.86. The zero-order valence-corrected chi connectivity index (χ0v) is 18.5. The van der Waals surface area contributed by atoms with Gasteiger partial charge in [-0.15, -0.1) is 0 Å². The van der Waals surface area contributed by atoms with Crippen LogP contribution in [0, 0.1) is 0 Å². The smallest absolute Gasteiger partial charge is 0.118 e. The molecule has 160 valence electrons. The van der Waals surface area contributed by atoms with Crippen LogP contribution in [0.3, 0.4) is 0 Å². The molecule has 28 heavy (non-hydrogen) atoms. The quantitative estimate of drug-likeness (QED) is 0.315. The van der Waals surface area contributed by atoms with Crippen LogP contribution in [0.5, 0.6) is 0 Å². The average Bonchev–Trinajstić information content (AvgIpc) is 2.69. The van der Waals surface area contributed by atoms with Gasteiger partial charge >= 0.3 is 0 Å². The molecule has 4 nitrogen and oxygen atoms in total. The van der Waals surface area contributed by atoms with E-state index < -0.39 is 0 Å². The Morgan fingerprint density at radius 1 is 0.964 bits per heavy atom. The van der Waals surface area contributed by atoms with Crippen LogP contribution in [0.2, 0.25) is 0 Å². The van der Waals surface area contributed by atoms with E-state index in [4.69, 9.17) is 4.74 Å². The highest BCUT2D eigenvalue weighted by atomic mass is 16.5. The fourth-order valence-corrected chi connectivity index (χ4v) is 3.99. The summed E-state index contributed by atoms with van der Waals surface area (Å²) in [5, 5.41) is 0. The fraction of sp³-hybridized carbons (Fsp3) is 0.750. The maximum Gasteiger partial charge on any atom is 0.118 e.